The molecular weight excluding hydrogens is 240 g/mol. The van der Waals surface area contributed by atoms with E-state index in [1.807, 2.05) is 0 Å². The molecule has 1 saturated carbocycles. The summed E-state index contributed by atoms with van der Waals surface area (Å²) in [6.45, 7) is 9.08. The van der Waals surface area contributed by atoms with Gasteiger partial charge in [0, 0.05) is 25.2 Å². The van der Waals surface area contributed by atoms with E-state index in [9.17, 15) is 4.79 Å². The Morgan fingerprint density at radius 3 is 2.53 bits per heavy atom. The highest BCUT2D eigenvalue weighted by molar-refractivity contribution is 5.67. The largest absolute Gasteiger partial charge is 0.453 e. The second-order valence-electron chi connectivity index (χ2n) is 6.65. The highest BCUT2D eigenvalue weighted by Gasteiger charge is 2.38. The molecule has 0 bridgehead atoms. The molecule has 0 spiro atoms. The zero-order valence-electron chi connectivity index (χ0n) is 12.7. The fourth-order valence-corrected chi connectivity index (χ4v) is 3.45. The fourth-order valence-electron chi connectivity index (χ4n) is 3.45. The van der Waals surface area contributed by atoms with Gasteiger partial charge in [-0.15, -0.1) is 0 Å². The van der Waals surface area contributed by atoms with Crippen molar-refractivity contribution in [1.29, 1.82) is 0 Å². The van der Waals surface area contributed by atoms with Gasteiger partial charge in [-0.05, 0) is 37.0 Å². The molecule has 4 unspecified atom stereocenters. The lowest BCUT2D eigenvalue weighted by Gasteiger charge is -2.49. The Hall–Kier alpha value is -0.770. The standard InChI is InChI=1S/C15H28N2O2/c1-10(2)12-7-13(16-15(18)19-4)9-17(8-12)14-6-5-11(14)3/h10-14H,5-9H2,1-4H3,(H,16,18). The summed E-state index contributed by atoms with van der Waals surface area (Å²) in [5, 5.41) is 3.00. The van der Waals surface area contributed by atoms with Crippen LogP contribution in [0.25, 0.3) is 0 Å². The summed E-state index contributed by atoms with van der Waals surface area (Å²) in [6, 6.07) is 0.963. The van der Waals surface area contributed by atoms with Crippen LogP contribution in [0.3, 0.4) is 0 Å². The Bertz CT molecular complexity index is 319. The van der Waals surface area contributed by atoms with E-state index >= 15 is 0 Å². The number of hydrogen-bond acceptors (Lipinski definition) is 3. The number of methoxy groups -OCH3 is 1. The van der Waals surface area contributed by atoms with Crippen LogP contribution in [0, 0.1) is 17.8 Å². The van der Waals surface area contributed by atoms with E-state index in [1.165, 1.54) is 26.5 Å². The summed E-state index contributed by atoms with van der Waals surface area (Å²) in [4.78, 5) is 14.0. The lowest BCUT2D eigenvalue weighted by molar-refractivity contribution is 0.0133. The maximum atomic E-state index is 11.4. The van der Waals surface area contributed by atoms with Crippen molar-refractivity contribution < 1.29 is 9.53 Å². The van der Waals surface area contributed by atoms with Gasteiger partial charge in [0.05, 0.1) is 7.11 Å². The van der Waals surface area contributed by atoms with Crippen LogP contribution in [0.1, 0.15) is 40.0 Å². The highest BCUT2D eigenvalue weighted by atomic mass is 16.5. The van der Waals surface area contributed by atoms with Crippen LogP contribution in [0.5, 0.6) is 0 Å². The van der Waals surface area contributed by atoms with Gasteiger partial charge >= 0.3 is 6.09 Å². The quantitative estimate of drug-likeness (QED) is 0.855. The zero-order chi connectivity index (χ0) is 14.0. The molecule has 4 atom stereocenters. The number of ether oxygens (including phenoxy) is 1. The third-order valence-corrected chi connectivity index (χ3v) is 5.01. The maximum absolute atomic E-state index is 11.4. The van der Waals surface area contributed by atoms with E-state index < -0.39 is 0 Å². The van der Waals surface area contributed by atoms with E-state index in [2.05, 4.69) is 31.0 Å². The number of carbonyl (C=O) groups is 1. The molecule has 2 fully saturated rings. The fraction of sp³-hybridized carbons (Fsp3) is 0.933. The molecule has 1 heterocycles. The first-order valence-electron chi connectivity index (χ1n) is 7.59. The SMILES string of the molecule is COC(=O)NC1CC(C(C)C)CN(C2CCC2C)C1. The topological polar surface area (TPSA) is 41.6 Å². The Morgan fingerprint density at radius 2 is 2.05 bits per heavy atom. The average Bonchev–Trinajstić information content (AvgIpc) is 2.36. The van der Waals surface area contributed by atoms with Crippen molar-refractivity contribution in [3.8, 4) is 0 Å². The molecule has 4 heteroatoms. The molecule has 4 nitrogen and oxygen atoms in total. The molecule has 1 saturated heterocycles. The van der Waals surface area contributed by atoms with Crippen LogP contribution in [-0.2, 0) is 4.74 Å². The van der Waals surface area contributed by atoms with Crippen LogP contribution < -0.4 is 5.32 Å². The number of alkyl carbamates (subject to hydrolysis) is 1. The molecule has 1 amide bonds. The van der Waals surface area contributed by atoms with Crippen molar-refractivity contribution in [2.75, 3.05) is 20.2 Å². The van der Waals surface area contributed by atoms with Crippen molar-refractivity contribution in [3.05, 3.63) is 0 Å². The molecule has 2 rings (SSSR count). The normalized spacial score (nSPS) is 35.8. The predicted molar refractivity (Wildman–Crippen MR) is 76.0 cm³/mol. The van der Waals surface area contributed by atoms with E-state index in [0.717, 1.165) is 24.9 Å². The van der Waals surface area contributed by atoms with E-state index in [1.54, 1.807) is 0 Å². The molecule has 2 aliphatic rings. The summed E-state index contributed by atoms with van der Waals surface area (Å²) in [6.07, 6.45) is 3.44. The minimum Gasteiger partial charge on any atom is -0.453 e. The van der Waals surface area contributed by atoms with E-state index in [0.29, 0.717) is 11.8 Å². The van der Waals surface area contributed by atoms with Crippen molar-refractivity contribution in [2.24, 2.45) is 17.8 Å². The summed E-state index contributed by atoms with van der Waals surface area (Å²) in [7, 11) is 1.43. The Kier molecular flexibility index (Phi) is 4.71. The minimum absolute atomic E-state index is 0.237. The third kappa shape index (κ3) is 3.41. The van der Waals surface area contributed by atoms with Gasteiger partial charge in [-0.1, -0.05) is 20.8 Å². The van der Waals surface area contributed by atoms with Crippen LogP contribution in [0.4, 0.5) is 4.79 Å². The lowest BCUT2D eigenvalue weighted by Crippen LogP contribution is -2.58. The second-order valence-corrected chi connectivity index (χ2v) is 6.65. The minimum atomic E-state index is -0.295. The van der Waals surface area contributed by atoms with Gasteiger partial charge in [-0.2, -0.15) is 0 Å². The molecule has 19 heavy (non-hydrogen) atoms. The molecule has 0 aromatic carbocycles. The number of likely N-dealkylation sites (tertiary alicyclic amines) is 1. The number of nitrogens with zero attached hydrogens (tertiary/aromatic N) is 1. The molecule has 0 radical (unpaired) electrons. The van der Waals surface area contributed by atoms with E-state index in [4.69, 9.17) is 4.74 Å². The lowest BCUT2D eigenvalue weighted by atomic mass is 9.77. The van der Waals surface area contributed by atoms with Crippen LogP contribution in [0.2, 0.25) is 0 Å². The van der Waals surface area contributed by atoms with Crippen molar-refractivity contribution in [1.82, 2.24) is 10.2 Å². The van der Waals surface area contributed by atoms with Gasteiger partial charge in [0.25, 0.3) is 0 Å². The van der Waals surface area contributed by atoms with Gasteiger partial charge in [-0.3, -0.25) is 4.90 Å². The number of nitrogens with one attached hydrogen (secondary N) is 1. The number of carbonyl (C=O) groups excluding carboxylic acids is 1. The number of rotatable bonds is 3. The van der Waals surface area contributed by atoms with Gasteiger partial charge in [-0.25, -0.2) is 4.79 Å². The molecule has 0 aromatic rings. The van der Waals surface area contributed by atoms with E-state index in [-0.39, 0.29) is 12.1 Å². The molecule has 1 N–H and O–H groups in total. The van der Waals surface area contributed by atoms with Crippen LogP contribution in [-0.4, -0.2) is 43.3 Å². The smallest absolute Gasteiger partial charge is 0.407 e. The molecule has 110 valence electrons. The highest BCUT2D eigenvalue weighted by Crippen LogP contribution is 2.35. The predicted octanol–water partition coefficient (Wildman–Crippen LogP) is 2.49. The number of piperidine rings is 1. The summed E-state index contributed by atoms with van der Waals surface area (Å²) >= 11 is 0. The first-order chi connectivity index (χ1) is 9.01. The van der Waals surface area contributed by atoms with Crippen LogP contribution >= 0.6 is 0 Å². The van der Waals surface area contributed by atoms with Crippen LogP contribution in [0.15, 0.2) is 0 Å². The average molecular weight is 268 g/mol. The van der Waals surface area contributed by atoms with Crippen molar-refractivity contribution >= 4 is 6.09 Å². The summed E-state index contributed by atoms with van der Waals surface area (Å²) < 4.78 is 4.74. The Balaban J connectivity index is 1.98. The third-order valence-electron chi connectivity index (χ3n) is 5.01. The van der Waals surface area contributed by atoms with Gasteiger partial charge in [0.1, 0.15) is 0 Å². The first kappa shape index (κ1) is 14.6. The monoisotopic (exact) mass is 268 g/mol. The van der Waals surface area contributed by atoms with Crippen molar-refractivity contribution in [3.63, 3.8) is 0 Å². The summed E-state index contributed by atoms with van der Waals surface area (Å²) in [5.41, 5.74) is 0. The summed E-state index contributed by atoms with van der Waals surface area (Å²) in [5.74, 6) is 2.15. The van der Waals surface area contributed by atoms with Gasteiger partial charge in [0.2, 0.25) is 0 Å². The maximum Gasteiger partial charge on any atom is 0.407 e. The number of amides is 1. The molecule has 0 aromatic heterocycles. The molecule has 1 aliphatic carbocycles. The number of hydrogen-bond donors (Lipinski definition) is 1. The first-order valence-corrected chi connectivity index (χ1v) is 7.59. The molecule has 1 aliphatic heterocycles. The van der Waals surface area contributed by atoms with Gasteiger partial charge in [0.15, 0.2) is 0 Å². The van der Waals surface area contributed by atoms with Crippen molar-refractivity contribution in [2.45, 2.75) is 52.1 Å². The molecular formula is C15H28N2O2. The van der Waals surface area contributed by atoms with Gasteiger partial charge < -0.3 is 10.1 Å². The zero-order valence-corrected chi connectivity index (χ0v) is 12.7. The second kappa shape index (κ2) is 6.12. The Morgan fingerprint density at radius 1 is 1.32 bits per heavy atom. The Labute approximate surface area is 116 Å².